The zero-order valence-corrected chi connectivity index (χ0v) is 14.8. The Labute approximate surface area is 137 Å². The fourth-order valence-electron chi connectivity index (χ4n) is 2.21. The summed E-state index contributed by atoms with van der Waals surface area (Å²) in [6.45, 7) is 2.17. The van der Waals surface area contributed by atoms with Crippen LogP contribution < -0.4 is 5.32 Å². The van der Waals surface area contributed by atoms with E-state index < -0.39 is 0 Å². The molecule has 2 rings (SSSR count). The Bertz CT molecular complexity index is 568. The smallest absolute Gasteiger partial charge is 0.0370 e. The lowest BCUT2D eigenvalue weighted by Crippen LogP contribution is -2.19. The average Bonchev–Trinajstić information content (AvgIpc) is 2.41. The Balaban J connectivity index is 2.30. The number of likely N-dealkylation sites (N-methyl/N-ethyl adjacent to an activating group) is 1. The maximum absolute atomic E-state index is 3.66. The van der Waals surface area contributed by atoms with Gasteiger partial charge >= 0.3 is 0 Å². The summed E-state index contributed by atoms with van der Waals surface area (Å²) in [5.41, 5.74) is 4.06. The highest BCUT2D eigenvalue weighted by atomic mass is 127. The molecule has 100 valence electrons. The molecule has 1 nitrogen and oxygen atoms in total. The molecule has 1 N–H and O–H groups in total. The topological polar surface area (TPSA) is 12.0 Å². The minimum Gasteiger partial charge on any atom is -0.313 e. The van der Waals surface area contributed by atoms with Gasteiger partial charge < -0.3 is 5.32 Å². The third kappa shape index (κ3) is 3.80. The first-order valence-corrected chi connectivity index (χ1v) is 8.15. The summed E-state index contributed by atoms with van der Waals surface area (Å²) in [4.78, 5) is 0. The second kappa shape index (κ2) is 6.86. The van der Waals surface area contributed by atoms with Crippen molar-refractivity contribution in [2.45, 2.75) is 19.4 Å². The van der Waals surface area contributed by atoms with Gasteiger partial charge in [0.1, 0.15) is 0 Å². The Hall–Kier alpha value is -0.390. The first kappa shape index (κ1) is 15.0. The van der Waals surface area contributed by atoms with E-state index in [1.165, 1.54) is 24.7 Å². The van der Waals surface area contributed by atoms with Crippen LogP contribution in [0.15, 0.2) is 46.9 Å². The van der Waals surface area contributed by atoms with E-state index in [-0.39, 0.29) is 0 Å². The second-order valence-corrected chi connectivity index (χ2v) is 6.74. The molecule has 0 spiro atoms. The predicted octanol–water partition coefficient (Wildman–Crippen LogP) is 4.87. The molecule has 0 amide bonds. The van der Waals surface area contributed by atoms with Crippen molar-refractivity contribution in [2.24, 2.45) is 0 Å². The summed E-state index contributed by atoms with van der Waals surface area (Å²) in [7, 11) is 2.02. The molecular formula is C16H17BrIN. The Morgan fingerprint density at radius 2 is 1.95 bits per heavy atom. The highest BCUT2D eigenvalue weighted by Crippen LogP contribution is 2.28. The highest BCUT2D eigenvalue weighted by Gasteiger charge is 2.14. The maximum atomic E-state index is 3.66. The number of benzene rings is 2. The van der Waals surface area contributed by atoms with Crippen molar-refractivity contribution in [1.82, 2.24) is 5.32 Å². The molecule has 0 fully saturated rings. The van der Waals surface area contributed by atoms with Crippen LogP contribution >= 0.6 is 38.5 Å². The van der Waals surface area contributed by atoms with Gasteiger partial charge in [0, 0.05) is 14.1 Å². The fraction of sp³-hybridized carbons (Fsp3) is 0.250. The van der Waals surface area contributed by atoms with Crippen molar-refractivity contribution < 1.29 is 0 Å². The lowest BCUT2D eigenvalue weighted by molar-refractivity contribution is 0.588. The number of rotatable bonds is 4. The number of hydrogen-bond donors (Lipinski definition) is 1. The summed E-state index contributed by atoms with van der Waals surface area (Å²) in [6, 6.07) is 15.4. The van der Waals surface area contributed by atoms with E-state index in [4.69, 9.17) is 0 Å². The lowest BCUT2D eigenvalue weighted by atomic mass is 9.96. The lowest BCUT2D eigenvalue weighted by Gasteiger charge is -2.19. The molecule has 1 unspecified atom stereocenters. The minimum atomic E-state index is 0.324. The molecule has 0 bridgehead atoms. The van der Waals surface area contributed by atoms with Gasteiger partial charge in [-0.3, -0.25) is 0 Å². The molecular weight excluding hydrogens is 413 g/mol. The van der Waals surface area contributed by atoms with Gasteiger partial charge in [0.2, 0.25) is 0 Å². The fourth-order valence-corrected chi connectivity index (χ4v) is 3.25. The molecule has 2 aromatic carbocycles. The second-order valence-electron chi connectivity index (χ2n) is 4.64. The predicted molar refractivity (Wildman–Crippen MR) is 93.5 cm³/mol. The van der Waals surface area contributed by atoms with E-state index in [1.807, 2.05) is 7.05 Å². The van der Waals surface area contributed by atoms with E-state index in [0.29, 0.717) is 6.04 Å². The van der Waals surface area contributed by atoms with Crippen LogP contribution in [-0.4, -0.2) is 7.05 Å². The van der Waals surface area contributed by atoms with Gasteiger partial charge in [0.25, 0.3) is 0 Å². The molecule has 0 radical (unpaired) electrons. The van der Waals surface area contributed by atoms with Gasteiger partial charge in [0.15, 0.2) is 0 Å². The first-order valence-electron chi connectivity index (χ1n) is 6.28. The van der Waals surface area contributed by atoms with Crippen LogP contribution in [0.1, 0.15) is 22.7 Å². The largest absolute Gasteiger partial charge is 0.313 e. The Morgan fingerprint density at radius 1 is 1.21 bits per heavy atom. The highest BCUT2D eigenvalue weighted by molar-refractivity contribution is 14.1. The summed E-state index contributed by atoms with van der Waals surface area (Å²) in [6.07, 6.45) is 1.00. The summed E-state index contributed by atoms with van der Waals surface area (Å²) in [5, 5.41) is 3.43. The Morgan fingerprint density at radius 3 is 2.63 bits per heavy atom. The third-order valence-electron chi connectivity index (χ3n) is 3.37. The zero-order chi connectivity index (χ0) is 13.8. The van der Waals surface area contributed by atoms with Gasteiger partial charge in [0.05, 0.1) is 0 Å². The third-order valence-corrected chi connectivity index (χ3v) is 4.76. The molecule has 0 heterocycles. The van der Waals surface area contributed by atoms with E-state index in [9.17, 15) is 0 Å². The SMILES string of the molecule is CNC(Cc1ccccc1C)c1cc(I)ccc1Br. The number of hydrogen-bond acceptors (Lipinski definition) is 1. The van der Waals surface area contributed by atoms with Gasteiger partial charge in [-0.1, -0.05) is 40.2 Å². The molecule has 0 aliphatic carbocycles. The maximum Gasteiger partial charge on any atom is 0.0370 e. The van der Waals surface area contributed by atoms with Crippen LogP contribution in [0.25, 0.3) is 0 Å². The molecule has 0 saturated heterocycles. The quantitative estimate of drug-likeness (QED) is 0.684. The van der Waals surface area contributed by atoms with Gasteiger partial charge in [-0.15, -0.1) is 0 Å². The van der Waals surface area contributed by atoms with E-state index >= 15 is 0 Å². The monoisotopic (exact) mass is 429 g/mol. The molecule has 0 saturated carbocycles. The Kier molecular flexibility index (Phi) is 5.42. The molecule has 0 aliphatic rings. The van der Waals surface area contributed by atoms with E-state index in [1.54, 1.807) is 0 Å². The van der Waals surface area contributed by atoms with Crippen LogP contribution in [0, 0.1) is 10.5 Å². The van der Waals surface area contributed by atoms with Crippen molar-refractivity contribution in [1.29, 1.82) is 0 Å². The number of nitrogens with one attached hydrogen (secondary N) is 1. The van der Waals surface area contributed by atoms with Crippen LogP contribution in [0.3, 0.4) is 0 Å². The average molecular weight is 430 g/mol. The van der Waals surface area contributed by atoms with Gasteiger partial charge in [-0.25, -0.2) is 0 Å². The molecule has 2 aromatic rings. The van der Waals surface area contributed by atoms with Crippen LogP contribution in [-0.2, 0) is 6.42 Å². The summed E-state index contributed by atoms with van der Waals surface area (Å²) < 4.78 is 2.43. The molecule has 0 aromatic heterocycles. The van der Waals surface area contributed by atoms with Crippen molar-refractivity contribution in [3.05, 3.63) is 67.2 Å². The van der Waals surface area contributed by atoms with Crippen LogP contribution in [0.5, 0.6) is 0 Å². The zero-order valence-electron chi connectivity index (χ0n) is 11.1. The van der Waals surface area contributed by atoms with Crippen LogP contribution in [0.2, 0.25) is 0 Å². The van der Waals surface area contributed by atoms with Crippen molar-refractivity contribution in [3.8, 4) is 0 Å². The van der Waals surface area contributed by atoms with Gasteiger partial charge in [-0.2, -0.15) is 0 Å². The number of halogens is 2. The molecule has 3 heteroatoms. The molecule has 19 heavy (non-hydrogen) atoms. The molecule has 1 atom stereocenters. The van der Waals surface area contributed by atoms with E-state index in [2.05, 4.69) is 93.2 Å². The number of aryl methyl sites for hydroxylation is 1. The standard InChI is InChI=1S/C16H17BrIN/c1-11-5-3-4-6-12(11)9-16(19-2)14-10-13(18)7-8-15(14)17/h3-8,10,16,19H,9H2,1-2H3. The molecule has 0 aliphatic heterocycles. The first-order chi connectivity index (χ1) is 9.11. The normalized spacial score (nSPS) is 12.4. The minimum absolute atomic E-state index is 0.324. The van der Waals surface area contributed by atoms with Crippen molar-refractivity contribution >= 4 is 38.5 Å². The summed E-state index contributed by atoms with van der Waals surface area (Å²) >= 11 is 6.02. The van der Waals surface area contributed by atoms with Crippen molar-refractivity contribution in [3.63, 3.8) is 0 Å². The summed E-state index contributed by atoms with van der Waals surface area (Å²) in [5.74, 6) is 0. The van der Waals surface area contributed by atoms with Gasteiger partial charge in [-0.05, 0) is 77.9 Å². The van der Waals surface area contributed by atoms with Crippen molar-refractivity contribution in [2.75, 3.05) is 7.05 Å². The van der Waals surface area contributed by atoms with E-state index in [0.717, 1.165) is 6.42 Å². The van der Waals surface area contributed by atoms with Crippen LogP contribution in [0.4, 0.5) is 0 Å².